The van der Waals surface area contributed by atoms with Crippen LogP contribution in [0.3, 0.4) is 0 Å². The average molecular weight is 462 g/mol. The van der Waals surface area contributed by atoms with Crippen molar-refractivity contribution in [3.8, 4) is 0 Å². The minimum Gasteiger partial charge on any atom is -0.394 e. The minimum atomic E-state index is -6.88. The predicted molar refractivity (Wildman–Crippen MR) is 65.6 cm³/mol. The topological polar surface area (TPSA) is 40.5 Å². The molecule has 22 heavy (non-hydrogen) atoms. The normalized spacial score (nSPS) is 17.5. The molecule has 2 unspecified atom stereocenters. The molecule has 0 aromatic heterocycles. The smallest absolute Gasteiger partial charge is 0.394 e. The zero-order chi connectivity index (χ0) is 18.0. The molecular formula is C10H12F9IO2. The Kier molecular flexibility index (Phi) is 7.29. The number of rotatable bonds is 8. The fourth-order valence-corrected chi connectivity index (χ4v) is 2.29. The van der Waals surface area contributed by atoms with Gasteiger partial charge in [0.05, 0.1) is 12.7 Å². The van der Waals surface area contributed by atoms with Gasteiger partial charge >= 0.3 is 23.9 Å². The lowest BCUT2D eigenvalue weighted by Crippen LogP contribution is -2.61. The van der Waals surface area contributed by atoms with E-state index in [4.69, 9.17) is 10.2 Å². The van der Waals surface area contributed by atoms with E-state index in [1.54, 1.807) is 0 Å². The maximum atomic E-state index is 13.2. The predicted octanol–water partition coefficient (Wildman–Crippen LogP) is 3.78. The Labute approximate surface area is 132 Å². The Morgan fingerprint density at radius 3 is 1.64 bits per heavy atom. The molecule has 134 valence electrons. The summed E-state index contributed by atoms with van der Waals surface area (Å²) >= 11 is 1.17. The molecule has 0 aliphatic rings. The summed E-state index contributed by atoms with van der Waals surface area (Å²) in [6, 6.07) is 0. The van der Waals surface area contributed by atoms with Gasteiger partial charge in [0, 0.05) is 10.3 Å². The van der Waals surface area contributed by atoms with E-state index in [0.717, 1.165) is 0 Å². The SMILES string of the molecule is OCC(O)CCC(I)CC(F)(F)C(F)(F)C(F)(F)C(F)(F)F. The zero-order valence-corrected chi connectivity index (χ0v) is 12.8. The van der Waals surface area contributed by atoms with E-state index in [9.17, 15) is 39.5 Å². The van der Waals surface area contributed by atoms with E-state index >= 15 is 0 Å². The van der Waals surface area contributed by atoms with Gasteiger partial charge < -0.3 is 10.2 Å². The molecule has 0 spiro atoms. The van der Waals surface area contributed by atoms with Crippen LogP contribution >= 0.6 is 22.6 Å². The molecule has 0 fully saturated rings. The molecule has 0 aromatic carbocycles. The first-order valence-electron chi connectivity index (χ1n) is 5.73. The molecule has 2 N–H and O–H groups in total. The second-order valence-electron chi connectivity index (χ2n) is 4.57. The second kappa shape index (κ2) is 7.28. The van der Waals surface area contributed by atoms with E-state index in [1.165, 1.54) is 22.6 Å². The molecule has 0 radical (unpaired) electrons. The Hall–Kier alpha value is 0.0200. The number of aliphatic hydroxyl groups excluding tert-OH is 2. The fraction of sp³-hybridized carbons (Fsp3) is 1.00. The molecule has 0 aliphatic heterocycles. The molecule has 0 saturated heterocycles. The monoisotopic (exact) mass is 462 g/mol. The summed E-state index contributed by atoms with van der Waals surface area (Å²) in [7, 11) is 0. The van der Waals surface area contributed by atoms with Crippen LogP contribution in [0.5, 0.6) is 0 Å². The van der Waals surface area contributed by atoms with Crippen LogP contribution < -0.4 is 0 Å². The lowest BCUT2D eigenvalue weighted by atomic mass is 9.98. The van der Waals surface area contributed by atoms with Crippen molar-refractivity contribution in [3.05, 3.63) is 0 Å². The highest BCUT2D eigenvalue weighted by molar-refractivity contribution is 14.1. The molecule has 0 bridgehead atoms. The quantitative estimate of drug-likeness (QED) is 0.328. The summed E-state index contributed by atoms with van der Waals surface area (Å²) in [5.41, 5.74) is 0. The zero-order valence-electron chi connectivity index (χ0n) is 10.7. The van der Waals surface area contributed by atoms with Crippen molar-refractivity contribution in [1.82, 2.24) is 0 Å². The first-order chi connectivity index (χ1) is 9.60. The Balaban J connectivity index is 5.05. The van der Waals surface area contributed by atoms with E-state index in [2.05, 4.69) is 0 Å². The van der Waals surface area contributed by atoms with Crippen molar-refractivity contribution in [2.75, 3.05) is 6.61 Å². The maximum absolute atomic E-state index is 13.2. The third kappa shape index (κ3) is 4.76. The van der Waals surface area contributed by atoms with Gasteiger partial charge in [-0.1, -0.05) is 22.6 Å². The highest BCUT2D eigenvalue weighted by atomic mass is 127. The van der Waals surface area contributed by atoms with Crippen LogP contribution in [0.1, 0.15) is 19.3 Å². The second-order valence-corrected chi connectivity index (χ2v) is 6.33. The minimum absolute atomic E-state index is 0.304. The number of alkyl halides is 10. The number of aliphatic hydroxyl groups is 2. The van der Waals surface area contributed by atoms with Crippen LogP contribution in [0.25, 0.3) is 0 Å². The van der Waals surface area contributed by atoms with Gasteiger partial charge in [0.1, 0.15) is 0 Å². The standard InChI is InChI=1S/C10H12F9IO2/c11-7(12,3-5(20)1-2-6(22)4-21)8(13,14)9(15,16)10(17,18)19/h5-6,21-22H,1-4H2. The highest BCUT2D eigenvalue weighted by Gasteiger charge is 2.81. The molecule has 0 rings (SSSR count). The van der Waals surface area contributed by atoms with Gasteiger partial charge in [-0.3, -0.25) is 0 Å². The lowest BCUT2D eigenvalue weighted by molar-refractivity contribution is -0.396. The summed E-state index contributed by atoms with van der Waals surface area (Å²) in [4.78, 5) is 0. The van der Waals surface area contributed by atoms with Gasteiger partial charge in [0.25, 0.3) is 0 Å². The summed E-state index contributed by atoms with van der Waals surface area (Å²) in [6.07, 6.45) is -10.8. The van der Waals surface area contributed by atoms with Gasteiger partial charge in [-0.05, 0) is 12.8 Å². The van der Waals surface area contributed by atoms with Gasteiger partial charge in [0.2, 0.25) is 0 Å². The van der Waals surface area contributed by atoms with Crippen molar-refractivity contribution in [3.63, 3.8) is 0 Å². The van der Waals surface area contributed by atoms with Crippen LogP contribution in [0.2, 0.25) is 0 Å². The van der Waals surface area contributed by atoms with Crippen molar-refractivity contribution >= 4 is 22.6 Å². The highest BCUT2D eigenvalue weighted by Crippen LogP contribution is 2.54. The summed E-state index contributed by atoms with van der Waals surface area (Å²) in [5.74, 6) is -19.1. The van der Waals surface area contributed by atoms with Crippen molar-refractivity contribution < 1.29 is 49.7 Å². The summed E-state index contributed by atoms with van der Waals surface area (Å²) in [6.45, 7) is -0.734. The lowest BCUT2D eigenvalue weighted by Gasteiger charge is -2.34. The molecule has 0 amide bonds. The third-order valence-electron chi connectivity index (χ3n) is 2.71. The van der Waals surface area contributed by atoms with Gasteiger partial charge in [-0.25, -0.2) is 0 Å². The molecule has 0 saturated carbocycles. The number of hydrogen-bond donors (Lipinski definition) is 2. The largest absolute Gasteiger partial charge is 0.460 e. The van der Waals surface area contributed by atoms with Gasteiger partial charge in [-0.2, -0.15) is 39.5 Å². The average Bonchev–Trinajstić information content (AvgIpc) is 2.33. The molecular weight excluding hydrogens is 450 g/mol. The Morgan fingerprint density at radius 1 is 0.818 bits per heavy atom. The Morgan fingerprint density at radius 2 is 1.27 bits per heavy atom. The van der Waals surface area contributed by atoms with Crippen molar-refractivity contribution in [2.45, 2.75) is 53.2 Å². The fourth-order valence-electron chi connectivity index (χ4n) is 1.38. The maximum Gasteiger partial charge on any atom is 0.460 e. The van der Waals surface area contributed by atoms with Crippen molar-refractivity contribution in [1.29, 1.82) is 0 Å². The van der Waals surface area contributed by atoms with E-state index < -0.39 is 47.0 Å². The van der Waals surface area contributed by atoms with E-state index in [0.29, 0.717) is 0 Å². The molecule has 0 aromatic rings. The van der Waals surface area contributed by atoms with Gasteiger partial charge in [0.15, 0.2) is 0 Å². The van der Waals surface area contributed by atoms with Crippen molar-refractivity contribution in [2.24, 2.45) is 0 Å². The van der Waals surface area contributed by atoms with Crippen LogP contribution in [0.4, 0.5) is 39.5 Å². The molecule has 0 aliphatic carbocycles. The number of hydrogen-bond acceptors (Lipinski definition) is 2. The van der Waals surface area contributed by atoms with E-state index in [1.807, 2.05) is 0 Å². The van der Waals surface area contributed by atoms with E-state index in [-0.39, 0.29) is 12.8 Å². The first kappa shape index (κ1) is 22.0. The molecule has 12 heteroatoms. The number of halogens is 10. The van der Waals surface area contributed by atoms with Gasteiger partial charge in [-0.15, -0.1) is 0 Å². The van der Waals surface area contributed by atoms with Crippen LogP contribution in [-0.2, 0) is 0 Å². The molecule has 2 nitrogen and oxygen atoms in total. The Bertz CT molecular complexity index is 359. The molecule has 0 heterocycles. The first-order valence-corrected chi connectivity index (χ1v) is 6.98. The third-order valence-corrected chi connectivity index (χ3v) is 3.77. The molecule has 2 atom stereocenters. The summed E-state index contributed by atoms with van der Waals surface area (Å²) < 4.78 is 112. The van der Waals surface area contributed by atoms with Crippen LogP contribution in [-0.4, -0.2) is 50.8 Å². The van der Waals surface area contributed by atoms with Crippen LogP contribution in [0.15, 0.2) is 0 Å². The summed E-state index contributed by atoms with van der Waals surface area (Å²) in [5, 5.41) is 17.4. The van der Waals surface area contributed by atoms with Crippen LogP contribution in [0, 0.1) is 0 Å².